The number of nitrogens with zero attached hydrogens (tertiary/aromatic N) is 2. The summed E-state index contributed by atoms with van der Waals surface area (Å²) in [6.07, 6.45) is 2.57. The molecule has 0 atom stereocenters. The van der Waals surface area contributed by atoms with Crippen molar-refractivity contribution in [1.29, 1.82) is 5.41 Å². The summed E-state index contributed by atoms with van der Waals surface area (Å²) in [5.41, 5.74) is 0.174. The highest BCUT2D eigenvalue weighted by Crippen LogP contribution is 2.13. The molecule has 0 saturated heterocycles. The average molecular weight is 207 g/mol. The summed E-state index contributed by atoms with van der Waals surface area (Å²) in [7, 11) is 0. The van der Waals surface area contributed by atoms with Crippen molar-refractivity contribution in [2.24, 2.45) is 0 Å². The monoisotopic (exact) mass is 207 g/mol. The molecule has 0 amide bonds. The molecular formula is C10H13N3O2. The third-order valence-corrected chi connectivity index (χ3v) is 1.95. The van der Waals surface area contributed by atoms with Crippen LogP contribution in [0.4, 0.5) is 5.82 Å². The van der Waals surface area contributed by atoms with Gasteiger partial charge >= 0.3 is 5.97 Å². The Bertz CT molecular complexity index is 377. The van der Waals surface area contributed by atoms with Gasteiger partial charge in [0.05, 0.1) is 11.9 Å². The van der Waals surface area contributed by atoms with E-state index in [1.807, 2.05) is 13.8 Å². The third kappa shape index (κ3) is 2.52. The predicted molar refractivity (Wildman–Crippen MR) is 57.6 cm³/mol. The van der Waals surface area contributed by atoms with E-state index >= 15 is 0 Å². The highest BCUT2D eigenvalue weighted by Gasteiger charge is 2.11. The number of hydrogen-bond acceptors (Lipinski definition) is 3. The first-order valence-corrected chi connectivity index (χ1v) is 4.54. The van der Waals surface area contributed by atoms with Crippen LogP contribution in [0.1, 0.15) is 24.2 Å². The van der Waals surface area contributed by atoms with Crippen LogP contribution in [0.2, 0.25) is 0 Å². The van der Waals surface area contributed by atoms with Crippen molar-refractivity contribution < 1.29 is 9.90 Å². The van der Waals surface area contributed by atoms with Gasteiger partial charge in [0.25, 0.3) is 0 Å². The molecular weight excluding hydrogens is 194 g/mol. The lowest BCUT2D eigenvalue weighted by molar-refractivity contribution is 0.0697. The summed E-state index contributed by atoms with van der Waals surface area (Å²) in [6, 6.07) is 2.95. The van der Waals surface area contributed by atoms with E-state index in [1.54, 1.807) is 4.90 Å². The van der Waals surface area contributed by atoms with Crippen molar-refractivity contribution in [3.8, 4) is 0 Å². The lowest BCUT2D eigenvalue weighted by Gasteiger charge is -2.22. The van der Waals surface area contributed by atoms with E-state index in [0.29, 0.717) is 5.82 Å². The Labute approximate surface area is 87.9 Å². The molecule has 1 aromatic rings. The molecule has 0 radical (unpaired) electrons. The maximum absolute atomic E-state index is 10.7. The molecule has 15 heavy (non-hydrogen) atoms. The molecule has 0 unspecified atom stereocenters. The van der Waals surface area contributed by atoms with E-state index in [2.05, 4.69) is 4.98 Å². The molecule has 0 aliphatic carbocycles. The van der Waals surface area contributed by atoms with Gasteiger partial charge in [0, 0.05) is 12.2 Å². The fraction of sp³-hybridized carbons (Fsp3) is 0.300. The molecule has 80 valence electrons. The summed E-state index contributed by atoms with van der Waals surface area (Å²) in [5, 5.41) is 16.0. The van der Waals surface area contributed by atoms with Crippen LogP contribution in [0, 0.1) is 5.41 Å². The van der Waals surface area contributed by atoms with Crippen molar-refractivity contribution in [2.45, 2.75) is 19.9 Å². The molecule has 0 bridgehead atoms. The minimum atomic E-state index is -0.993. The molecule has 0 aromatic carbocycles. The first-order chi connectivity index (χ1) is 7.06. The summed E-state index contributed by atoms with van der Waals surface area (Å²) >= 11 is 0. The second-order valence-electron chi connectivity index (χ2n) is 3.34. The number of hydrogen-bond donors (Lipinski definition) is 2. The van der Waals surface area contributed by atoms with Gasteiger partial charge in [0.1, 0.15) is 5.82 Å². The Morgan fingerprint density at radius 1 is 1.67 bits per heavy atom. The minimum absolute atomic E-state index is 0.0686. The van der Waals surface area contributed by atoms with Crippen molar-refractivity contribution in [3.05, 3.63) is 23.9 Å². The number of aromatic carboxylic acids is 1. The van der Waals surface area contributed by atoms with Gasteiger partial charge < -0.3 is 10.0 Å². The highest BCUT2D eigenvalue weighted by atomic mass is 16.4. The quantitative estimate of drug-likeness (QED) is 0.580. The highest BCUT2D eigenvalue weighted by molar-refractivity contribution is 5.89. The number of nitrogens with one attached hydrogen (secondary N) is 1. The van der Waals surface area contributed by atoms with Crippen molar-refractivity contribution in [3.63, 3.8) is 0 Å². The Balaban J connectivity index is 3.08. The zero-order chi connectivity index (χ0) is 11.4. The van der Waals surface area contributed by atoms with Crippen LogP contribution < -0.4 is 4.90 Å². The minimum Gasteiger partial charge on any atom is -0.478 e. The van der Waals surface area contributed by atoms with Gasteiger partial charge in [-0.15, -0.1) is 0 Å². The smallest absolute Gasteiger partial charge is 0.335 e. The maximum Gasteiger partial charge on any atom is 0.335 e. The number of aromatic nitrogens is 1. The molecule has 1 rings (SSSR count). The SMILES string of the molecule is CC(C)N(C=N)c1cc(C(=O)O)ccn1. The van der Waals surface area contributed by atoms with Gasteiger partial charge in [-0.1, -0.05) is 0 Å². The number of pyridine rings is 1. The normalized spacial score (nSPS) is 10.1. The van der Waals surface area contributed by atoms with Crippen molar-refractivity contribution in [2.75, 3.05) is 4.90 Å². The molecule has 5 heteroatoms. The fourth-order valence-electron chi connectivity index (χ4n) is 1.17. The lowest BCUT2D eigenvalue weighted by atomic mass is 10.2. The van der Waals surface area contributed by atoms with E-state index in [1.165, 1.54) is 18.3 Å². The van der Waals surface area contributed by atoms with Gasteiger partial charge in [-0.3, -0.25) is 5.41 Å². The molecule has 2 N–H and O–H groups in total. The second-order valence-corrected chi connectivity index (χ2v) is 3.34. The Kier molecular flexibility index (Phi) is 3.38. The molecule has 0 fully saturated rings. The van der Waals surface area contributed by atoms with Crippen LogP contribution in [0.25, 0.3) is 0 Å². The van der Waals surface area contributed by atoms with Crippen LogP contribution in [-0.2, 0) is 0 Å². The van der Waals surface area contributed by atoms with Crippen LogP contribution >= 0.6 is 0 Å². The third-order valence-electron chi connectivity index (χ3n) is 1.95. The van der Waals surface area contributed by atoms with Gasteiger partial charge in [-0.2, -0.15) is 0 Å². The standard InChI is InChI=1S/C10H13N3O2/c1-7(2)13(6-11)9-5-8(10(14)15)3-4-12-9/h3-7,11H,1-2H3,(H,14,15). The van der Waals surface area contributed by atoms with Crippen molar-refractivity contribution >= 4 is 18.1 Å². The Morgan fingerprint density at radius 3 is 2.80 bits per heavy atom. The number of carboxylic acids is 1. The Morgan fingerprint density at radius 2 is 2.33 bits per heavy atom. The number of anilines is 1. The molecule has 0 spiro atoms. The van der Waals surface area contributed by atoms with Gasteiger partial charge in [-0.25, -0.2) is 9.78 Å². The molecule has 0 saturated carbocycles. The first kappa shape index (κ1) is 11.2. The second kappa shape index (κ2) is 4.54. The zero-order valence-electron chi connectivity index (χ0n) is 8.64. The summed E-state index contributed by atoms with van der Waals surface area (Å²) in [6.45, 7) is 3.81. The summed E-state index contributed by atoms with van der Waals surface area (Å²) in [4.78, 5) is 16.3. The summed E-state index contributed by atoms with van der Waals surface area (Å²) in [5.74, 6) is -0.521. The number of carboxylic acid groups (broad SMARTS) is 1. The molecule has 0 aliphatic rings. The number of rotatable bonds is 4. The fourth-order valence-corrected chi connectivity index (χ4v) is 1.17. The molecule has 1 aromatic heterocycles. The van der Waals surface area contributed by atoms with Crippen LogP contribution in [0.15, 0.2) is 18.3 Å². The van der Waals surface area contributed by atoms with Gasteiger partial charge in [0.15, 0.2) is 0 Å². The van der Waals surface area contributed by atoms with Crippen molar-refractivity contribution in [1.82, 2.24) is 4.98 Å². The Hall–Kier alpha value is -1.91. The summed E-state index contributed by atoms with van der Waals surface area (Å²) < 4.78 is 0. The van der Waals surface area contributed by atoms with Crippen LogP contribution in [-0.4, -0.2) is 28.4 Å². The van der Waals surface area contributed by atoms with E-state index < -0.39 is 5.97 Å². The zero-order valence-corrected chi connectivity index (χ0v) is 8.64. The predicted octanol–water partition coefficient (Wildman–Crippen LogP) is 1.60. The van der Waals surface area contributed by atoms with Gasteiger partial charge in [0.2, 0.25) is 0 Å². The number of carbonyl (C=O) groups is 1. The lowest BCUT2D eigenvalue weighted by Crippen LogP contribution is -2.29. The van der Waals surface area contributed by atoms with Crippen LogP contribution in [0.3, 0.4) is 0 Å². The average Bonchev–Trinajstić information content (AvgIpc) is 2.18. The van der Waals surface area contributed by atoms with E-state index in [0.717, 1.165) is 6.34 Å². The maximum atomic E-state index is 10.7. The molecule has 1 heterocycles. The van der Waals surface area contributed by atoms with Crippen LogP contribution in [0.5, 0.6) is 0 Å². The van der Waals surface area contributed by atoms with E-state index in [-0.39, 0.29) is 11.6 Å². The largest absolute Gasteiger partial charge is 0.478 e. The van der Waals surface area contributed by atoms with E-state index in [9.17, 15) is 4.79 Å². The topological polar surface area (TPSA) is 77.3 Å². The van der Waals surface area contributed by atoms with Gasteiger partial charge in [-0.05, 0) is 26.0 Å². The molecule has 0 aliphatic heterocycles. The van der Waals surface area contributed by atoms with E-state index in [4.69, 9.17) is 10.5 Å². The molecule has 5 nitrogen and oxygen atoms in total. The first-order valence-electron chi connectivity index (χ1n) is 4.54.